The fourth-order valence-corrected chi connectivity index (χ4v) is 6.71. The molecule has 0 saturated heterocycles. The fraction of sp³-hybridized carbons (Fsp3) is 0.130. The predicted octanol–water partition coefficient (Wildman–Crippen LogP) is 6.17. The van der Waals surface area contributed by atoms with E-state index in [-0.39, 0.29) is 26.5 Å². The molecule has 0 bridgehead atoms. The van der Waals surface area contributed by atoms with Crippen LogP contribution in [0, 0.1) is 17.5 Å². The van der Waals surface area contributed by atoms with Gasteiger partial charge in [0, 0.05) is 21.4 Å². The maximum Gasteiger partial charge on any atom is 0.269 e. The Balaban J connectivity index is 1.73. The first-order chi connectivity index (χ1) is 17.6. The Morgan fingerprint density at radius 3 is 2.43 bits per heavy atom. The average molecular weight is 588 g/mol. The van der Waals surface area contributed by atoms with Gasteiger partial charge in [-0.1, -0.05) is 34.7 Å². The van der Waals surface area contributed by atoms with Crippen LogP contribution in [-0.2, 0) is 16.6 Å². The number of benzene rings is 3. The molecular weight excluding hydrogens is 571 g/mol. The predicted molar refractivity (Wildman–Crippen MR) is 135 cm³/mol. The van der Waals surface area contributed by atoms with Gasteiger partial charge >= 0.3 is 0 Å². The van der Waals surface area contributed by atoms with E-state index in [4.69, 9.17) is 21.1 Å². The number of rotatable bonds is 9. The number of hydrogen-bond acceptors (Lipinski definition) is 8. The maximum atomic E-state index is 15.3. The highest BCUT2D eigenvalue weighted by Crippen LogP contribution is 2.38. The van der Waals surface area contributed by atoms with Gasteiger partial charge in [0.1, 0.15) is 27.7 Å². The van der Waals surface area contributed by atoms with Gasteiger partial charge in [0.25, 0.3) is 10.0 Å². The monoisotopic (exact) mass is 587 g/mol. The number of methoxy groups -OCH3 is 2. The summed E-state index contributed by atoms with van der Waals surface area (Å²) in [7, 11) is -1.64. The average Bonchev–Trinajstić information content (AvgIpc) is 3.41. The standard InChI is InChI=1S/C23H17ClF3N3O4S3/c1-33-14-4-3-13(20(7-14)34-2)11-30(23-29-28-12-35-23)37(31,32)22-9-16(24)21(10-19(22)27)36-15-5-6-17(25)18(26)8-15/h3-10,12H,11H2,1-2H3. The van der Waals surface area contributed by atoms with Crippen LogP contribution in [0.4, 0.5) is 18.3 Å². The topological polar surface area (TPSA) is 81.6 Å². The number of nitrogens with zero attached hydrogens (tertiary/aromatic N) is 3. The Kier molecular flexibility index (Phi) is 8.17. The van der Waals surface area contributed by atoms with Crippen LogP contribution in [0.25, 0.3) is 0 Å². The van der Waals surface area contributed by atoms with Crippen molar-refractivity contribution in [1.29, 1.82) is 0 Å². The highest BCUT2D eigenvalue weighted by molar-refractivity contribution is 7.99. The number of halogens is 4. The molecule has 37 heavy (non-hydrogen) atoms. The third kappa shape index (κ3) is 5.79. The number of ether oxygens (including phenoxy) is 2. The molecule has 0 aliphatic heterocycles. The van der Waals surface area contributed by atoms with Crippen LogP contribution >= 0.6 is 34.7 Å². The Bertz CT molecular complexity index is 1540. The van der Waals surface area contributed by atoms with Crippen molar-refractivity contribution in [2.45, 2.75) is 21.2 Å². The lowest BCUT2D eigenvalue weighted by Crippen LogP contribution is -2.31. The number of hydrogen-bond donors (Lipinski definition) is 0. The van der Waals surface area contributed by atoms with Gasteiger partial charge < -0.3 is 9.47 Å². The zero-order chi connectivity index (χ0) is 26.7. The van der Waals surface area contributed by atoms with Crippen LogP contribution in [0.3, 0.4) is 0 Å². The van der Waals surface area contributed by atoms with Crippen molar-refractivity contribution in [1.82, 2.24) is 10.2 Å². The lowest BCUT2D eigenvalue weighted by molar-refractivity contribution is 0.391. The highest BCUT2D eigenvalue weighted by Gasteiger charge is 2.32. The number of anilines is 1. The molecule has 0 atom stereocenters. The fourth-order valence-electron chi connectivity index (χ4n) is 3.24. The minimum absolute atomic E-state index is 0.00590. The van der Waals surface area contributed by atoms with Gasteiger partial charge in [-0.25, -0.2) is 25.9 Å². The second-order valence-corrected chi connectivity index (χ2v) is 11.5. The molecule has 0 spiro atoms. The number of sulfonamides is 1. The van der Waals surface area contributed by atoms with Gasteiger partial charge in [-0.3, -0.25) is 0 Å². The van der Waals surface area contributed by atoms with Crippen molar-refractivity contribution in [2.75, 3.05) is 18.5 Å². The minimum Gasteiger partial charge on any atom is -0.497 e. The second-order valence-electron chi connectivity index (χ2n) is 7.30. The molecule has 1 heterocycles. The molecule has 0 saturated carbocycles. The Hall–Kier alpha value is -3.00. The highest BCUT2D eigenvalue weighted by atomic mass is 35.5. The second kappa shape index (κ2) is 11.2. The first kappa shape index (κ1) is 27.0. The molecule has 0 amide bonds. The van der Waals surface area contributed by atoms with Crippen molar-refractivity contribution in [3.8, 4) is 11.5 Å². The summed E-state index contributed by atoms with van der Waals surface area (Å²) in [6, 6.07) is 9.87. The first-order valence-corrected chi connectivity index (χ1v) is 13.8. The van der Waals surface area contributed by atoms with Crippen LogP contribution in [0.15, 0.2) is 68.7 Å². The van der Waals surface area contributed by atoms with Gasteiger partial charge in [-0.05, 0) is 42.5 Å². The molecule has 0 N–H and O–H groups in total. The van der Waals surface area contributed by atoms with Crippen LogP contribution in [-0.4, -0.2) is 32.8 Å². The molecule has 7 nitrogen and oxygen atoms in total. The van der Waals surface area contributed by atoms with Crippen LogP contribution < -0.4 is 13.8 Å². The van der Waals surface area contributed by atoms with Gasteiger partial charge in [-0.2, -0.15) is 0 Å². The quantitative estimate of drug-likeness (QED) is 0.231. The molecule has 0 aliphatic carbocycles. The molecule has 3 aromatic carbocycles. The third-order valence-electron chi connectivity index (χ3n) is 5.04. The Morgan fingerprint density at radius 1 is 1.00 bits per heavy atom. The molecule has 0 fully saturated rings. The van der Waals surface area contributed by atoms with E-state index < -0.39 is 32.4 Å². The molecule has 0 unspecified atom stereocenters. The van der Waals surface area contributed by atoms with E-state index >= 15 is 4.39 Å². The molecular formula is C23H17ClF3N3O4S3. The van der Waals surface area contributed by atoms with E-state index in [1.54, 1.807) is 18.2 Å². The normalized spacial score (nSPS) is 11.4. The maximum absolute atomic E-state index is 15.3. The third-order valence-corrected chi connectivity index (χ3v) is 9.09. The minimum atomic E-state index is -4.54. The summed E-state index contributed by atoms with van der Waals surface area (Å²) < 4.78 is 80.9. The van der Waals surface area contributed by atoms with Crippen molar-refractivity contribution in [3.05, 3.63) is 82.1 Å². The molecule has 4 aromatic rings. The molecule has 1 aromatic heterocycles. The largest absolute Gasteiger partial charge is 0.497 e. The molecule has 14 heteroatoms. The number of aromatic nitrogens is 2. The van der Waals surface area contributed by atoms with Crippen LogP contribution in [0.5, 0.6) is 11.5 Å². The summed E-state index contributed by atoms with van der Waals surface area (Å²) in [6.45, 7) is -0.257. The Labute approximate surface area is 223 Å². The van der Waals surface area contributed by atoms with E-state index in [0.717, 1.165) is 51.7 Å². The molecule has 4 rings (SSSR count). The van der Waals surface area contributed by atoms with Crippen molar-refractivity contribution >= 4 is 49.9 Å². The molecule has 0 radical (unpaired) electrons. The van der Waals surface area contributed by atoms with Crippen LogP contribution in [0.1, 0.15) is 5.56 Å². The summed E-state index contributed by atoms with van der Waals surface area (Å²) in [4.78, 5) is -0.337. The Morgan fingerprint density at radius 2 is 1.78 bits per heavy atom. The van der Waals surface area contributed by atoms with E-state index in [0.29, 0.717) is 17.1 Å². The summed E-state index contributed by atoms with van der Waals surface area (Å²) in [5.74, 6) is -2.36. The lowest BCUT2D eigenvalue weighted by Gasteiger charge is -2.23. The summed E-state index contributed by atoms with van der Waals surface area (Å²) in [5, 5.41) is 7.46. The molecule has 194 valence electrons. The lowest BCUT2D eigenvalue weighted by atomic mass is 10.2. The van der Waals surface area contributed by atoms with Gasteiger partial charge in [0.2, 0.25) is 5.13 Å². The zero-order valence-corrected chi connectivity index (χ0v) is 22.3. The van der Waals surface area contributed by atoms with Gasteiger partial charge in [0.05, 0.1) is 25.8 Å². The zero-order valence-electron chi connectivity index (χ0n) is 19.1. The first-order valence-electron chi connectivity index (χ1n) is 10.3. The van der Waals surface area contributed by atoms with Crippen LogP contribution in [0.2, 0.25) is 5.02 Å². The smallest absolute Gasteiger partial charge is 0.269 e. The van der Waals surface area contributed by atoms with Crippen molar-refractivity contribution in [2.24, 2.45) is 0 Å². The van der Waals surface area contributed by atoms with E-state index in [9.17, 15) is 17.2 Å². The van der Waals surface area contributed by atoms with Crippen molar-refractivity contribution < 1.29 is 31.1 Å². The summed E-state index contributed by atoms with van der Waals surface area (Å²) in [6.07, 6.45) is 0. The summed E-state index contributed by atoms with van der Waals surface area (Å²) >= 11 is 8.10. The van der Waals surface area contributed by atoms with E-state index in [1.807, 2.05) is 0 Å². The van der Waals surface area contributed by atoms with Gasteiger partial charge in [-0.15, -0.1) is 10.2 Å². The SMILES string of the molecule is COc1ccc(CN(c2nncs2)S(=O)(=O)c2cc(Cl)c(Sc3ccc(F)c(F)c3)cc2F)c(OC)c1. The van der Waals surface area contributed by atoms with Crippen molar-refractivity contribution in [3.63, 3.8) is 0 Å². The molecule has 0 aliphatic rings. The van der Waals surface area contributed by atoms with E-state index in [2.05, 4.69) is 10.2 Å². The van der Waals surface area contributed by atoms with E-state index in [1.165, 1.54) is 25.8 Å². The van der Waals surface area contributed by atoms with Gasteiger partial charge in [0.15, 0.2) is 11.6 Å². The summed E-state index contributed by atoms with van der Waals surface area (Å²) in [5.41, 5.74) is 1.80.